The molecule has 0 spiro atoms. The highest BCUT2D eigenvalue weighted by atomic mass is 79.9. The lowest BCUT2D eigenvalue weighted by Crippen LogP contribution is -2.18. The summed E-state index contributed by atoms with van der Waals surface area (Å²) >= 11 is 2.80. The molecule has 80 valence electrons. The van der Waals surface area contributed by atoms with Crippen molar-refractivity contribution in [1.29, 1.82) is 0 Å². The standard InChI is InChI=1S/C10H10BrNO3/c11-10(13)12-4-3-7-1-2-8-9(5-7)15-6-14-8/h1-2,5H,3-4,6H2,(H,12,13). The van der Waals surface area contributed by atoms with E-state index in [9.17, 15) is 4.79 Å². The second kappa shape index (κ2) is 4.53. The van der Waals surface area contributed by atoms with Crippen molar-refractivity contribution in [1.82, 2.24) is 5.32 Å². The predicted molar refractivity (Wildman–Crippen MR) is 58.6 cm³/mol. The van der Waals surface area contributed by atoms with E-state index in [2.05, 4.69) is 21.2 Å². The molecule has 1 aromatic rings. The van der Waals surface area contributed by atoms with Crippen LogP contribution in [0.15, 0.2) is 18.2 Å². The van der Waals surface area contributed by atoms with Crippen LogP contribution >= 0.6 is 15.9 Å². The fourth-order valence-corrected chi connectivity index (χ4v) is 1.60. The van der Waals surface area contributed by atoms with Crippen LogP contribution in [0.4, 0.5) is 4.79 Å². The largest absolute Gasteiger partial charge is 0.454 e. The highest BCUT2D eigenvalue weighted by Crippen LogP contribution is 2.32. The van der Waals surface area contributed by atoms with Crippen molar-refractivity contribution in [2.24, 2.45) is 0 Å². The first-order chi connectivity index (χ1) is 7.25. The minimum absolute atomic E-state index is 0.191. The molecule has 0 fully saturated rings. The zero-order valence-electron chi connectivity index (χ0n) is 7.96. The van der Waals surface area contributed by atoms with Gasteiger partial charge in [-0.25, -0.2) is 0 Å². The molecule has 0 aromatic heterocycles. The zero-order chi connectivity index (χ0) is 10.7. The maximum Gasteiger partial charge on any atom is 0.287 e. The molecule has 1 aliphatic heterocycles. The van der Waals surface area contributed by atoms with E-state index in [1.165, 1.54) is 0 Å². The fourth-order valence-electron chi connectivity index (χ4n) is 1.40. The van der Waals surface area contributed by atoms with Gasteiger partial charge in [0.25, 0.3) is 4.82 Å². The summed E-state index contributed by atoms with van der Waals surface area (Å²) in [6, 6.07) is 5.78. The van der Waals surface area contributed by atoms with E-state index in [4.69, 9.17) is 9.47 Å². The molecule has 0 unspecified atom stereocenters. The number of ether oxygens (including phenoxy) is 2. The van der Waals surface area contributed by atoms with Crippen molar-refractivity contribution >= 4 is 20.7 Å². The second-order valence-corrected chi connectivity index (χ2v) is 3.86. The average Bonchev–Trinajstić information content (AvgIpc) is 2.64. The number of nitrogens with one attached hydrogen (secondary N) is 1. The van der Waals surface area contributed by atoms with Gasteiger partial charge in [-0.15, -0.1) is 0 Å². The molecule has 0 saturated heterocycles. The number of rotatable bonds is 3. The molecule has 5 heteroatoms. The van der Waals surface area contributed by atoms with Crippen LogP contribution in [0, 0.1) is 0 Å². The van der Waals surface area contributed by atoms with Crippen molar-refractivity contribution in [3.8, 4) is 11.5 Å². The van der Waals surface area contributed by atoms with Crippen LogP contribution in [-0.4, -0.2) is 18.2 Å². The van der Waals surface area contributed by atoms with Gasteiger partial charge in [0, 0.05) is 22.5 Å². The van der Waals surface area contributed by atoms with Crippen molar-refractivity contribution in [2.45, 2.75) is 6.42 Å². The molecule has 2 rings (SSSR count). The lowest BCUT2D eigenvalue weighted by atomic mass is 10.1. The van der Waals surface area contributed by atoms with Crippen molar-refractivity contribution in [2.75, 3.05) is 13.3 Å². The average molecular weight is 272 g/mol. The van der Waals surface area contributed by atoms with Crippen LogP contribution in [0.5, 0.6) is 11.5 Å². The fraction of sp³-hybridized carbons (Fsp3) is 0.300. The van der Waals surface area contributed by atoms with Crippen LogP contribution in [0.2, 0.25) is 0 Å². The smallest absolute Gasteiger partial charge is 0.287 e. The van der Waals surface area contributed by atoms with E-state index < -0.39 is 0 Å². The van der Waals surface area contributed by atoms with Crippen LogP contribution in [0.1, 0.15) is 5.56 Å². The van der Waals surface area contributed by atoms with Crippen molar-refractivity contribution in [3.05, 3.63) is 23.8 Å². The Balaban J connectivity index is 1.95. The number of hydrogen-bond acceptors (Lipinski definition) is 3. The van der Waals surface area contributed by atoms with Gasteiger partial charge in [0.1, 0.15) is 0 Å². The summed E-state index contributed by atoms with van der Waals surface area (Å²) in [6.07, 6.45) is 0.772. The Morgan fingerprint density at radius 1 is 1.40 bits per heavy atom. The summed E-state index contributed by atoms with van der Waals surface area (Å²) < 4.78 is 10.4. The number of benzene rings is 1. The summed E-state index contributed by atoms with van der Waals surface area (Å²) in [5.74, 6) is 1.56. The molecule has 0 radical (unpaired) electrons. The van der Waals surface area contributed by atoms with E-state index in [-0.39, 0.29) is 11.6 Å². The Bertz CT molecular complexity index is 381. The third-order valence-electron chi connectivity index (χ3n) is 2.11. The molecule has 1 N–H and O–H groups in total. The van der Waals surface area contributed by atoms with Gasteiger partial charge in [-0.2, -0.15) is 0 Å². The van der Waals surface area contributed by atoms with E-state index in [1.807, 2.05) is 18.2 Å². The van der Waals surface area contributed by atoms with E-state index in [0.29, 0.717) is 6.54 Å². The van der Waals surface area contributed by atoms with Crippen molar-refractivity contribution < 1.29 is 14.3 Å². The minimum atomic E-state index is -0.191. The Hall–Kier alpha value is -1.23. The number of hydrogen-bond donors (Lipinski definition) is 1. The monoisotopic (exact) mass is 271 g/mol. The molecule has 0 aliphatic carbocycles. The molecule has 0 atom stereocenters. The predicted octanol–water partition coefficient (Wildman–Crippen LogP) is 2.06. The van der Waals surface area contributed by atoms with Gasteiger partial charge in [0.2, 0.25) is 6.79 Å². The Labute approximate surface area is 95.7 Å². The first kappa shape index (κ1) is 10.3. The molecule has 1 aliphatic rings. The molecule has 0 saturated carbocycles. The van der Waals surface area contributed by atoms with E-state index >= 15 is 0 Å². The second-order valence-electron chi connectivity index (χ2n) is 3.14. The van der Waals surface area contributed by atoms with Gasteiger partial charge in [-0.05, 0) is 24.1 Å². The quantitative estimate of drug-likeness (QED) is 0.676. The molecular weight excluding hydrogens is 262 g/mol. The maximum absolute atomic E-state index is 10.6. The summed E-state index contributed by atoms with van der Waals surface area (Å²) in [5.41, 5.74) is 1.11. The molecule has 0 bridgehead atoms. The Morgan fingerprint density at radius 2 is 2.20 bits per heavy atom. The lowest BCUT2D eigenvalue weighted by molar-refractivity contribution is 0.174. The third-order valence-corrected chi connectivity index (χ3v) is 2.40. The van der Waals surface area contributed by atoms with Gasteiger partial charge in [-0.1, -0.05) is 6.07 Å². The van der Waals surface area contributed by atoms with E-state index in [1.54, 1.807) is 0 Å². The van der Waals surface area contributed by atoms with Crippen LogP contribution in [0.3, 0.4) is 0 Å². The van der Waals surface area contributed by atoms with E-state index in [0.717, 1.165) is 23.5 Å². The summed E-state index contributed by atoms with van der Waals surface area (Å²) in [4.78, 5) is 10.4. The Morgan fingerprint density at radius 3 is 3.00 bits per heavy atom. The minimum Gasteiger partial charge on any atom is -0.454 e. The number of amides is 1. The molecule has 1 amide bonds. The summed E-state index contributed by atoms with van der Waals surface area (Å²) in [7, 11) is 0. The lowest BCUT2D eigenvalue weighted by Gasteiger charge is -2.03. The van der Waals surface area contributed by atoms with Gasteiger partial charge >= 0.3 is 0 Å². The normalized spacial score (nSPS) is 12.6. The topological polar surface area (TPSA) is 47.6 Å². The molecule has 4 nitrogen and oxygen atoms in total. The van der Waals surface area contributed by atoms with Gasteiger partial charge in [-0.3, -0.25) is 4.79 Å². The van der Waals surface area contributed by atoms with Gasteiger partial charge < -0.3 is 14.8 Å². The SMILES string of the molecule is O=C(Br)NCCc1ccc2c(c1)OCO2. The van der Waals surface area contributed by atoms with Gasteiger partial charge in [0.15, 0.2) is 11.5 Å². The third kappa shape index (κ3) is 2.62. The van der Waals surface area contributed by atoms with Crippen LogP contribution in [0.25, 0.3) is 0 Å². The molecular formula is C10H10BrNO3. The van der Waals surface area contributed by atoms with Crippen LogP contribution < -0.4 is 14.8 Å². The summed E-state index contributed by atoms with van der Waals surface area (Å²) in [6.45, 7) is 0.890. The van der Waals surface area contributed by atoms with Crippen molar-refractivity contribution in [3.63, 3.8) is 0 Å². The number of halogens is 1. The number of carbonyl (C=O) groups excluding carboxylic acids is 1. The highest BCUT2D eigenvalue weighted by molar-refractivity contribution is 9.18. The number of fused-ring (bicyclic) bond motifs is 1. The number of carbonyl (C=O) groups is 1. The Kier molecular flexibility index (Phi) is 3.11. The highest BCUT2D eigenvalue weighted by Gasteiger charge is 2.12. The molecule has 1 aromatic carbocycles. The zero-order valence-corrected chi connectivity index (χ0v) is 9.54. The summed E-state index contributed by atoms with van der Waals surface area (Å²) in [5, 5.41) is 2.67. The van der Waals surface area contributed by atoms with Crippen LogP contribution in [-0.2, 0) is 6.42 Å². The molecule has 1 heterocycles. The van der Waals surface area contributed by atoms with Gasteiger partial charge in [0.05, 0.1) is 0 Å². The molecule has 15 heavy (non-hydrogen) atoms. The maximum atomic E-state index is 10.6. The first-order valence-electron chi connectivity index (χ1n) is 4.57. The first-order valence-corrected chi connectivity index (χ1v) is 5.37.